The van der Waals surface area contributed by atoms with Crippen LogP contribution in [0, 0.1) is 0 Å². The molecule has 0 saturated carbocycles. The number of rotatable bonds is 2. The van der Waals surface area contributed by atoms with E-state index < -0.39 is 0 Å². The van der Waals surface area contributed by atoms with Gasteiger partial charge in [0.2, 0.25) is 5.91 Å². The predicted octanol–water partition coefficient (Wildman–Crippen LogP) is 1.92. The Morgan fingerprint density at radius 1 is 0.950 bits per heavy atom. The average Bonchev–Trinajstić information content (AvgIpc) is 2.58. The largest absolute Gasteiger partial charge is 0.273 e. The second kappa shape index (κ2) is 5.17. The van der Waals surface area contributed by atoms with Gasteiger partial charge in [0.1, 0.15) is 0 Å². The normalized spacial score (nSPS) is 14.5. The molecular formula is C16H14N2O2. The summed E-state index contributed by atoms with van der Waals surface area (Å²) in [5.41, 5.74) is 4.99. The van der Waals surface area contributed by atoms with Crippen molar-refractivity contribution >= 4 is 11.8 Å². The first kappa shape index (κ1) is 12.4. The summed E-state index contributed by atoms with van der Waals surface area (Å²) in [6.07, 6.45) is 0.238. The molecule has 4 nitrogen and oxygen atoms in total. The smallest absolute Gasteiger partial charge is 0.270 e. The summed E-state index contributed by atoms with van der Waals surface area (Å²) in [5.74, 6) is -0.338. The van der Waals surface area contributed by atoms with Gasteiger partial charge in [0.05, 0.1) is 13.0 Å². The van der Waals surface area contributed by atoms with Crippen LogP contribution in [0.25, 0.3) is 0 Å². The Balaban J connectivity index is 1.86. The minimum Gasteiger partial charge on any atom is -0.273 e. The average molecular weight is 266 g/mol. The quantitative estimate of drug-likeness (QED) is 0.902. The summed E-state index contributed by atoms with van der Waals surface area (Å²) >= 11 is 0. The molecule has 0 unspecified atom stereocenters. The molecule has 0 fully saturated rings. The molecule has 0 aliphatic carbocycles. The second-order valence-corrected chi connectivity index (χ2v) is 4.74. The van der Waals surface area contributed by atoms with E-state index in [0.29, 0.717) is 12.1 Å². The Hall–Kier alpha value is -2.62. The minimum absolute atomic E-state index is 0.104. The fraction of sp³-hybridized carbons (Fsp3) is 0.125. The van der Waals surface area contributed by atoms with Gasteiger partial charge in [-0.2, -0.15) is 0 Å². The van der Waals surface area contributed by atoms with E-state index in [1.165, 1.54) is 5.01 Å². The first-order valence-electron chi connectivity index (χ1n) is 6.47. The van der Waals surface area contributed by atoms with Gasteiger partial charge in [-0.1, -0.05) is 48.5 Å². The number of hydrogen-bond donors (Lipinski definition) is 1. The molecule has 0 bridgehead atoms. The molecule has 1 aliphatic heterocycles. The molecule has 0 saturated heterocycles. The monoisotopic (exact) mass is 266 g/mol. The van der Waals surface area contributed by atoms with Gasteiger partial charge in [0.25, 0.3) is 5.91 Å². The summed E-state index contributed by atoms with van der Waals surface area (Å²) in [7, 11) is 0. The highest BCUT2D eigenvalue weighted by Gasteiger charge is 2.24. The van der Waals surface area contributed by atoms with Crippen molar-refractivity contribution in [3.63, 3.8) is 0 Å². The third-order valence-corrected chi connectivity index (χ3v) is 3.32. The highest BCUT2D eigenvalue weighted by molar-refractivity contribution is 5.99. The highest BCUT2D eigenvalue weighted by Crippen LogP contribution is 2.15. The molecule has 1 aliphatic rings. The van der Waals surface area contributed by atoms with Gasteiger partial charge in [0.15, 0.2) is 0 Å². The maximum absolute atomic E-state index is 12.2. The van der Waals surface area contributed by atoms with Crippen molar-refractivity contribution in [1.82, 2.24) is 10.4 Å². The molecule has 20 heavy (non-hydrogen) atoms. The highest BCUT2D eigenvalue weighted by atomic mass is 16.2. The molecule has 4 heteroatoms. The van der Waals surface area contributed by atoms with Crippen LogP contribution >= 0.6 is 0 Å². The Bertz CT molecular complexity index is 653. The molecular weight excluding hydrogens is 252 g/mol. The van der Waals surface area contributed by atoms with E-state index in [1.807, 2.05) is 42.5 Å². The van der Waals surface area contributed by atoms with E-state index in [1.54, 1.807) is 12.1 Å². The van der Waals surface area contributed by atoms with Crippen molar-refractivity contribution < 1.29 is 9.59 Å². The van der Waals surface area contributed by atoms with E-state index in [-0.39, 0.29) is 18.2 Å². The van der Waals surface area contributed by atoms with Crippen LogP contribution in [0.1, 0.15) is 21.5 Å². The van der Waals surface area contributed by atoms with Gasteiger partial charge in [-0.3, -0.25) is 15.0 Å². The summed E-state index contributed by atoms with van der Waals surface area (Å²) in [5, 5.41) is 1.39. The van der Waals surface area contributed by atoms with E-state index in [9.17, 15) is 9.59 Å². The standard InChI is InChI=1S/C16H14N2O2/c19-15-10-13-8-4-5-9-14(13)16(20)17-18(15)11-12-6-2-1-3-7-12/h1-9H,10-11H2,(H,17,20). The number of fused-ring (bicyclic) bond motifs is 1. The number of benzene rings is 2. The van der Waals surface area contributed by atoms with Crippen molar-refractivity contribution in [3.8, 4) is 0 Å². The number of hydrazine groups is 1. The Kier molecular flexibility index (Phi) is 3.21. The third-order valence-electron chi connectivity index (χ3n) is 3.32. The maximum atomic E-state index is 12.2. The number of amides is 2. The molecule has 1 N–H and O–H groups in total. The summed E-state index contributed by atoms with van der Waals surface area (Å²) < 4.78 is 0. The van der Waals surface area contributed by atoms with Crippen LogP contribution in [-0.2, 0) is 17.8 Å². The maximum Gasteiger partial charge on any atom is 0.270 e. The van der Waals surface area contributed by atoms with Crippen molar-refractivity contribution in [2.75, 3.05) is 0 Å². The fourth-order valence-corrected chi connectivity index (χ4v) is 2.29. The first-order chi connectivity index (χ1) is 9.74. The molecule has 1 heterocycles. The van der Waals surface area contributed by atoms with Gasteiger partial charge >= 0.3 is 0 Å². The number of carbonyl (C=O) groups is 2. The van der Waals surface area contributed by atoms with Gasteiger partial charge in [-0.05, 0) is 17.2 Å². The van der Waals surface area contributed by atoms with Gasteiger partial charge in [-0.25, -0.2) is 5.01 Å². The molecule has 0 atom stereocenters. The lowest BCUT2D eigenvalue weighted by Gasteiger charge is -2.20. The Labute approximate surface area is 117 Å². The van der Waals surface area contributed by atoms with Crippen molar-refractivity contribution in [2.24, 2.45) is 0 Å². The second-order valence-electron chi connectivity index (χ2n) is 4.74. The van der Waals surface area contributed by atoms with Crippen LogP contribution in [0.15, 0.2) is 54.6 Å². The summed E-state index contributed by atoms with van der Waals surface area (Å²) in [6, 6.07) is 16.8. The fourth-order valence-electron chi connectivity index (χ4n) is 2.29. The van der Waals surface area contributed by atoms with E-state index in [2.05, 4.69) is 5.43 Å². The topological polar surface area (TPSA) is 49.4 Å². The summed E-state index contributed by atoms with van der Waals surface area (Å²) in [4.78, 5) is 24.4. The summed E-state index contributed by atoms with van der Waals surface area (Å²) in [6.45, 7) is 0.374. The van der Waals surface area contributed by atoms with E-state index >= 15 is 0 Å². The van der Waals surface area contributed by atoms with E-state index in [0.717, 1.165) is 11.1 Å². The van der Waals surface area contributed by atoms with Crippen molar-refractivity contribution in [1.29, 1.82) is 0 Å². The Morgan fingerprint density at radius 2 is 1.65 bits per heavy atom. The van der Waals surface area contributed by atoms with E-state index in [4.69, 9.17) is 0 Å². The number of nitrogens with one attached hydrogen (secondary N) is 1. The number of hydrogen-bond acceptors (Lipinski definition) is 2. The molecule has 100 valence electrons. The minimum atomic E-state index is -0.234. The van der Waals surface area contributed by atoms with Gasteiger partial charge in [0, 0.05) is 5.56 Å². The molecule has 0 radical (unpaired) electrons. The zero-order valence-corrected chi connectivity index (χ0v) is 10.9. The number of carbonyl (C=O) groups excluding carboxylic acids is 2. The molecule has 3 rings (SSSR count). The molecule has 2 amide bonds. The molecule has 0 aromatic heterocycles. The molecule has 2 aromatic carbocycles. The van der Waals surface area contributed by atoms with Crippen LogP contribution in [0.4, 0.5) is 0 Å². The lowest BCUT2D eigenvalue weighted by Crippen LogP contribution is -2.44. The first-order valence-corrected chi connectivity index (χ1v) is 6.47. The molecule has 2 aromatic rings. The van der Waals surface area contributed by atoms with Crippen LogP contribution in [0.5, 0.6) is 0 Å². The Morgan fingerprint density at radius 3 is 2.45 bits per heavy atom. The third kappa shape index (κ3) is 2.40. The van der Waals surface area contributed by atoms with Gasteiger partial charge in [-0.15, -0.1) is 0 Å². The van der Waals surface area contributed by atoms with Crippen LogP contribution in [0.3, 0.4) is 0 Å². The van der Waals surface area contributed by atoms with Crippen molar-refractivity contribution in [2.45, 2.75) is 13.0 Å². The van der Waals surface area contributed by atoms with Crippen LogP contribution in [0.2, 0.25) is 0 Å². The SMILES string of the molecule is O=C1NN(Cc2ccccc2)C(=O)Cc2ccccc21. The predicted molar refractivity (Wildman–Crippen MR) is 74.6 cm³/mol. The zero-order valence-electron chi connectivity index (χ0n) is 10.9. The van der Waals surface area contributed by atoms with Gasteiger partial charge < -0.3 is 0 Å². The molecule has 0 spiro atoms. The van der Waals surface area contributed by atoms with Crippen molar-refractivity contribution in [3.05, 3.63) is 71.3 Å². The number of nitrogens with zero attached hydrogens (tertiary/aromatic N) is 1. The lowest BCUT2D eigenvalue weighted by molar-refractivity contribution is -0.133. The zero-order chi connectivity index (χ0) is 13.9. The van der Waals surface area contributed by atoms with Crippen LogP contribution in [-0.4, -0.2) is 16.8 Å². The van der Waals surface area contributed by atoms with Crippen LogP contribution < -0.4 is 5.43 Å². The lowest BCUT2D eigenvalue weighted by atomic mass is 10.0.